The minimum Gasteiger partial charge on any atom is -0.496 e. The molecular weight excluding hydrogens is 294 g/mol. The number of hydrogen-bond donors (Lipinski definition) is 2. The zero-order chi connectivity index (χ0) is 16.8. The second-order valence-corrected chi connectivity index (χ2v) is 5.24. The van der Waals surface area contributed by atoms with Crippen LogP contribution in [0.4, 0.5) is 0 Å². The standard InChI is InChI=1S/C18H19NO4/c1-12-8-9-16(23-2)14(10-12)18(22)19-15(11-17(20)21)13-6-4-3-5-7-13/h3-10,15H,11H2,1-2H3,(H,19,22)(H,20,21). The fraction of sp³-hybridized carbons (Fsp3) is 0.222. The van der Waals surface area contributed by atoms with E-state index in [-0.39, 0.29) is 12.3 Å². The molecule has 23 heavy (non-hydrogen) atoms. The van der Waals surface area contributed by atoms with E-state index in [9.17, 15) is 9.59 Å². The van der Waals surface area contributed by atoms with Crippen molar-refractivity contribution in [2.45, 2.75) is 19.4 Å². The molecule has 0 fully saturated rings. The van der Waals surface area contributed by atoms with Gasteiger partial charge in [0.25, 0.3) is 5.91 Å². The lowest BCUT2D eigenvalue weighted by Crippen LogP contribution is -2.30. The highest BCUT2D eigenvalue weighted by Crippen LogP contribution is 2.22. The van der Waals surface area contributed by atoms with Crippen molar-refractivity contribution in [3.8, 4) is 5.75 Å². The number of carboxylic acids is 1. The van der Waals surface area contributed by atoms with E-state index in [1.807, 2.05) is 31.2 Å². The van der Waals surface area contributed by atoms with Crippen LogP contribution in [0.2, 0.25) is 0 Å². The van der Waals surface area contributed by atoms with Gasteiger partial charge in [0.05, 0.1) is 25.1 Å². The monoisotopic (exact) mass is 313 g/mol. The third-order valence-corrected chi connectivity index (χ3v) is 3.49. The third-order valence-electron chi connectivity index (χ3n) is 3.49. The van der Waals surface area contributed by atoms with E-state index in [1.165, 1.54) is 7.11 Å². The van der Waals surface area contributed by atoms with Gasteiger partial charge < -0.3 is 15.2 Å². The number of rotatable bonds is 6. The van der Waals surface area contributed by atoms with E-state index < -0.39 is 12.0 Å². The zero-order valence-electron chi connectivity index (χ0n) is 13.1. The number of hydrogen-bond acceptors (Lipinski definition) is 3. The van der Waals surface area contributed by atoms with Gasteiger partial charge in [0, 0.05) is 0 Å². The molecular formula is C18H19NO4. The predicted octanol–water partition coefficient (Wildman–Crippen LogP) is 2.95. The summed E-state index contributed by atoms with van der Waals surface area (Å²) >= 11 is 0. The van der Waals surface area contributed by atoms with E-state index >= 15 is 0 Å². The summed E-state index contributed by atoms with van der Waals surface area (Å²) in [6.07, 6.45) is -0.191. The van der Waals surface area contributed by atoms with Gasteiger partial charge >= 0.3 is 5.97 Å². The highest BCUT2D eigenvalue weighted by atomic mass is 16.5. The number of carbonyl (C=O) groups is 2. The van der Waals surface area contributed by atoms with E-state index in [0.717, 1.165) is 11.1 Å². The number of ether oxygens (including phenoxy) is 1. The molecule has 0 aliphatic heterocycles. The van der Waals surface area contributed by atoms with Gasteiger partial charge in [0.1, 0.15) is 5.75 Å². The van der Waals surface area contributed by atoms with Crippen LogP contribution in [-0.4, -0.2) is 24.1 Å². The number of aliphatic carboxylic acids is 1. The average molecular weight is 313 g/mol. The van der Waals surface area contributed by atoms with E-state index in [0.29, 0.717) is 11.3 Å². The second kappa shape index (κ2) is 7.45. The molecule has 0 radical (unpaired) electrons. The molecule has 2 aromatic rings. The summed E-state index contributed by atoms with van der Waals surface area (Å²) in [7, 11) is 1.49. The third kappa shape index (κ3) is 4.32. The molecule has 2 rings (SSSR count). The molecule has 1 atom stereocenters. The summed E-state index contributed by atoms with van der Waals surface area (Å²) in [5, 5.41) is 11.9. The van der Waals surface area contributed by atoms with Crippen molar-refractivity contribution in [3.63, 3.8) is 0 Å². The first-order valence-electron chi connectivity index (χ1n) is 7.23. The van der Waals surface area contributed by atoms with Crippen LogP contribution < -0.4 is 10.1 Å². The van der Waals surface area contributed by atoms with Gasteiger partial charge in [0.15, 0.2) is 0 Å². The Morgan fingerprint density at radius 3 is 2.48 bits per heavy atom. The molecule has 2 N–H and O–H groups in total. The minimum atomic E-state index is -0.977. The molecule has 5 nitrogen and oxygen atoms in total. The quantitative estimate of drug-likeness (QED) is 0.859. The molecule has 0 saturated heterocycles. The normalized spacial score (nSPS) is 11.6. The van der Waals surface area contributed by atoms with Crippen molar-refractivity contribution in [3.05, 3.63) is 65.2 Å². The molecule has 5 heteroatoms. The van der Waals surface area contributed by atoms with Gasteiger partial charge in [-0.1, -0.05) is 42.0 Å². The lowest BCUT2D eigenvalue weighted by atomic mass is 10.0. The molecule has 0 spiro atoms. The fourth-order valence-electron chi connectivity index (χ4n) is 2.35. The van der Waals surface area contributed by atoms with Gasteiger partial charge in [0.2, 0.25) is 0 Å². The van der Waals surface area contributed by atoms with Crippen molar-refractivity contribution in [2.75, 3.05) is 7.11 Å². The van der Waals surface area contributed by atoms with Crippen LogP contribution in [0.5, 0.6) is 5.75 Å². The first-order valence-corrected chi connectivity index (χ1v) is 7.23. The summed E-state index contributed by atoms with van der Waals surface area (Å²) in [6, 6.07) is 13.7. The smallest absolute Gasteiger partial charge is 0.305 e. The van der Waals surface area contributed by atoms with Crippen LogP contribution >= 0.6 is 0 Å². The number of amides is 1. The van der Waals surface area contributed by atoms with E-state index in [1.54, 1.807) is 24.3 Å². The van der Waals surface area contributed by atoms with E-state index in [2.05, 4.69) is 5.32 Å². The fourth-order valence-corrected chi connectivity index (χ4v) is 2.35. The Morgan fingerprint density at radius 2 is 1.87 bits per heavy atom. The van der Waals surface area contributed by atoms with Gasteiger partial charge in [-0.3, -0.25) is 9.59 Å². The predicted molar refractivity (Wildman–Crippen MR) is 86.6 cm³/mol. The Kier molecular flexibility index (Phi) is 5.36. The number of benzene rings is 2. The van der Waals surface area contributed by atoms with Gasteiger partial charge in [-0.2, -0.15) is 0 Å². The van der Waals surface area contributed by atoms with Crippen molar-refractivity contribution >= 4 is 11.9 Å². The SMILES string of the molecule is COc1ccc(C)cc1C(=O)NC(CC(=O)O)c1ccccc1. The van der Waals surface area contributed by atoms with Crippen molar-refractivity contribution < 1.29 is 19.4 Å². The topological polar surface area (TPSA) is 75.6 Å². The van der Waals surface area contributed by atoms with Crippen LogP contribution in [0.25, 0.3) is 0 Å². The van der Waals surface area contributed by atoms with E-state index in [4.69, 9.17) is 9.84 Å². The van der Waals surface area contributed by atoms with Gasteiger partial charge in [-0.15, -0.1) is 0 Å². The van der Waals surface area contributed by atoms with Crippen molar-refractivity contribution in [1.29, 1.82) is 0 Å². The van der Waals surface area contributed by atoms with Gasteiger partial charge in [-0.05, 0) is 24.6 Å². The Bertz CT molecular complexity index is 697. The second-order valence-electron chi connectivity index (χ2n) is 5.24. The average Bonchev–Trinajstić information content (AvgIpc) is 2.54. The molecule has 0 bridgehead atoms. The van der Waals surface area contributed by atoms with Crippen LogP contribution in [-0.2, 0) is 4.79 Å². The lowest BCUT2D eigenvalue weighted by Gasteiger charge is -2.18. The Hall–Kier alpha value is -2.82. The number of nitrogens with one attached hydrogen (secondary N) is 1. The van der Waals surface area contributed by atoms with Crippen LogP contribution in [0.3, 0.4) is 0 Å². The number of methoxy groups -OCH3 is 1. The van der Waals surface area contributed by atoms with Crippen molar-refractivity contribution in [1.82, 2.24) is 5.32 Å². The molecule has 0 aliphatic rings. The first-order chi connectivity index (χ1) is 11.0. The largest absolute Gasteiger partial charge is 0.496 e. The lowest BCUT2D eigenvalue weighted by molar-refractivity contribution is -0.137. The Labute approximate surface area is 134 Å². The number of carbonyl (C=O) groups excluding carboxylic acids is 1. The molecule has 120 valence electrons. The van der Waals surface area contributed by atoms with Crippen molar-refractivity contribution in [2.24, 2.45) is 0 Å². The number of carboxylic acid groups (broad SMARTS) is 1. The van der Waals surface area contributed by atoms with Crippen LogP contribution in [0, 0.1) is 6.92 Å². The maximum absolute atomic E-state index is 12.6. The molecule has 1 amide bonds. The minimum absolute atomic E-state index is 0.191. The summed E-state index contributed by atoms with van der Waals surface area (Å²) in [4.78, 5) is 23.7. The Balaban J connectivity index is 2.27. The molecule has 2 aromatic carbocycles. The summed E-state index contributed by atoms with van der Waals surface area (Å²) in [5.41, 5.74) is 2.05. The van der Waals surface area contributed by atoms with Crippen LogP contribution in [0.1, 0.15) is 33.9 Å². The number of aryl methyl sites for hydroxylation is 1. The molecule has 0 aromatic heterocycles. The molecule has 0 saturated carbocycles. The molecule has 0 heterocycles. The molecule has 1 unspecified atom stereocenters. The van der Waals surface area contributed by atoms with Gasteiger partial charge in [-0.25, -0.2) is 0 Å². The maximum Gasteiger partial charge on any atom is 0.305 e. The molecule has 0 aliphatic carbocycles. The maximum atomic E-state index is 12.6. The highest BCUT2D eigenvalue weighted by molar-refractivity contribution is 5.97. The summed E-state index contributed by atoms with van der Waals surface area (Å²) in [6.45, 7) is 1.88. The highest BCUT2D eigenvalue weighted by Gasteiger charge is 2.20. The zero-order valence-corrected chi connectivity index (χ0v) is 13.1. The summed E-state index contributed by atoms with van der Waals surface area (Å²) < 4.78 is 5.21. The van der Waals surface area contributed by atoms with Crippen LogP contribution in [0.15, 0.2) is 48.5 Å². The first kappa shape index (κ1) is 16.5. The summed E-state index contributed by atoms with van der Waals surface area (Å²) in [5.74, 6) is -0.883. The Morgan fingerprint density at radius 1 is 1.17 bits per heavy atom.